The molecule has 0 radical (unpaired) electrons. The van der Waals surface area contributed by atoms with Crippen molar-refractivity contribution in [2.45, 2.75) is 31.8 Å². The molecule has 0 spiro atoms. The normalized spacial score (nSPS) is 10.6. The molecule has 2 aromatic rings. The predicted octanol–water partition coefficient (Wildman–Crippen LogP) is 3.83. The average Bonchev–Trinajstić information content (AvgIpc) is 2.59. The number of nitrogens with zero attached hydrogens (tertiary/aromatic N) is 2. The van der Waals surface area contributed by atoms with Crippen molar-refractivity contribution in [3.8, 4) is 0 Å². The number of rotatable bonds is 7. The van der Waals surface area contributed by atoms with Crippen LogP contribution in [0.2, 0.25) is 5.02 Å². The molecule has 0 bridgehead atoms. The molecule has 25 heavy (non-hydrogen) atoms. The first-order chi connectivity index (χ1) is 11.9. The quantitative estimate of drug-likeness (QED) is 0.315. The molecule has 1 aromatic carbocycles. The van der Waals surface area contributed by atoms with Crippen LogP contribution in [0.25, 0.3) is 0 Å². The highest BCUT2D eigenvalue weighted by Gasteiger charge is 2.13. The van der Waals surface area contributed by atoms with E-state index in [4.69, 9.17) is 16.3 Å². The third-order valence-electron chi connectivity index (χ3n) is 3.69. The molecule has 0 atom stereocenters. The predicted molar refractivity (Wildman–Crippen MR) is 98.3 cm³/mol. The van der Waals surface area contributed by atoms with Gasteiger partial charge < -0.3 is 4.74 Å². The smallest absolute Gasteiger partial charge is 0.306 e. The van der Waals surface area contributed by atoms with Gasteiger partial charge in [0.1, 0.15) is 0 Å². The van der Waals surface area contributed by atoms with Gasteiger partial charge in [-0.05, 0) is 56.4 Å². The van der Waals surface area contributed by atoms with Gasteiger partial charge in [-0.15, -0.1) is 0 Å². The number of ether oxygens (including phenoxy) is 1. The number of carbonyl (C=O) groups is 2. The van der Waals surface area contributed by atoms with Gasteiger partial charge in [0.2, 0.25) is 0 Å². The second kappa shape index (κ2) is 8.97. The number of ketones is 1. The SMILES string of the molecule is CSc1nc(C)c(CCC(=O)OCC(=O)c2ccc(Cl)cc2)c(C)n1. The zero-order chi connectivity index (χ0) is 18.4. The second-order valence-corrected chi connectivity index (χ2v) is 6.66. The molecule has 0 aliphatic heterocycles. The van der Waals surface area contributed by atoms with E-state index in [0.717, 1.165) is 22.1 Å². The van der Waals surface area contributed by atoms with Crippen molar-refractivity contribution in [1.29, 1.82) is 0 Å². The molecule has 0 aliphatic carbocycles. The minimum absolute atomic E-state index is 0.178. The Labute approximate surface area is 156 Å². The number of thioether (sulfide) groups is 1. The fourth-order valence-corrected chi connectivity index (χ4v) is 2.91. The Morgan fingerprint density at radius 2 is 1.72 bits per heavy atom. The summed E-state index contributed by atoms with van der Waals surface area (Å²) in [6.07, 6.45) is 2.58. The van der Waals surface area contributed by atoms with E-state index in [1.165, 1.54) is 11.8 Å². The van der Waals surface area contributed by atoms with E-state index in [9.17, 15) is 9.59 Å². The minimum atomic E-state index is -0.421. The number of halogens is 1. The van der Waals surface area contributed by atoms with E-state index in [0.29, 0.717) is 17.0 Å². The van der Waals surface area contributed by atoms with Gasteiger partial charge in [-0.3, -0.25) is 9.59 Å². The number of aromatic nitrogens is 2. The summed E-state index contributed by atoms with van der Waals surface area (Å²) in [7, 11) is 0. The van der Waals surface area contributed by atoms with Crippen LogP contribution < -0.4 is 0 Å². The van der Waals surface area contributed by atoms with Crippen molar-refractivity contribution in [2.75, 3.05) is 12.9 Å². The highest BCUT2D eigenvalue weighted by atomic mass is 35.5. The van der Waals surface area contributed by atoms with Gasteiger partial charge in [-0.25, -0.2) is 9.97 Å². The number of hydrogen-bond acceptors (Lipinski definition) is 6. The molecule has 2 rings (SSSR count). The molecule has 0 fully saturated rings. The van der Waals surface area contributed by atoms with Gasteiger partial charge in [-0.2, -0.15) is 0 Å². The first-order valence-electron chi connectivity index (χ1n) is 7.73. The Balaban J connectivity index is 1.87. The molecule has 0 saturated carbocycles. The van der Waals surface area contributed by atoms with Crippen molar-refractivity contribution in [2.24, 2.45) is 0 Å². The van der Waals surface area contributed by atoms with Crippen molar-refractivity contribution in [3.63, 3.8) is 0 Å². The van der Waals surface area contributed by atoms with E-state index in [1.807, 2.05) is 20.1 Å². The van der Waals surface area contributed by atoms with Crippen LogP contribution in [0, 0.1) is 13.8 Å². The van der Waals surface area contributed by atoms with Gasteiger partial charge >= 0.3 is 5.97 Å². The fourth-order valence-electron chi connectivity index (χ4n) is 2.33. The van der Waals surface area contributed by atoms with Gasteiger partial charge in [0.15, 0.2) is 17.5 Å². The van der Waals surface area contributed by atoms with E-state index in [-0.39, 0.29) is 18.8 Å². The Hall–Kier alpha value is -1.92. The number of Topliss-reactive ketones (excluding diaryl/α,β-unsaturated/α-hetero) is 1. The maximum Gasteiger partial charge on any atom is 0.306 e. The van der Waals surface area contributed by atoms with Crippen LogP contribution in [0.5, 0.6) is 0 Å². The molecular weight excluding hydrogens is 360 g/mol. The summed E-state index contributed by atoms with van der Waals surface area (Å²) < 4.78 is 5.07. The van der Waals surface area contributed by atoms with Gasteiger partial charge in [0.25, 0.3) is 0 Å². The lowest BCUT2D eigenvalue weighted by Crippen LogP contribution is -2.15. The highest BCUT2D eigenvalue weighted by molar-refractivity contribution is 7.98. The summed E-state index contributed by atoms with van der Waals surface area (Å²) in [4.78, 5) is 32.7. The van der Waals surface area contributed by atoms with Crippen molar-refractivity contribution in [1.82, 2.24) is 9.97 Å². The average molecular weight is 379 g/mol. The lowest BCUT2D eigenvalue weighted by atomic mass is 10.1. The number of benzene rings is 1. The Morgan fingerprint density at radius 1 is 1.12 bits per heavy atom. The van der Waals surface area contributed by atoms with E-state index < -0.39 is 5.97 Å². The molecule has 0 N–H and O–H groups in total. The fraction of sp³-hybridized carbons (Fsp3) is 0.333. The molecule has 7 heteroatoms. The standard InChI is InChI=1S/C18H19ClN2O3S/c1-11-15(12(2)21-18(20-11)25-3)8-9-17(23)24-10-16(22)13-4-6-14(19)7-5-13/h4-7H,8-10H2,1-3H3. The number of hydrogen-bond donors (Lipinski definition) is 0. The van der Waals surface area contributed by atoms with Crippen LogP contribution >= 0.6 is 23.4 Å². The van der Waals surface area contributed by atoms with Gasteiger partial charge in [0, 0.05) is 28.4 Å². The van der Waals surface area contributed by atoms with Crippen molar-refractivity contribution >= 4 is 35.1 Å². The number of aryl methyl sites for hydroxylation is 2. The zero-order valence-electron chi connectivity index (χ0n) is 14.3. The lowest BCUT2D eigenvalue weighted by Gasteiger charge is -2.10. The lowest BCUT2D eigenvalue weighted by molar-refractivity contribution is -0.142. The van der Waals surface area contributed by atoms with Crippen molar-refractivity contribution in [3.05, 3.63) is 51.8 Å². The van der Waals surface area contributed by atoms with E-state index in [1.54, 1.807) is 24.3 Å². The second-order valence-electron chi connectivity index (χ2n) is 5.45. The summed E-state index contributed by atoms with van der Waals surface area (Å²) in [5.41, 5.74) is 3.13. The molecule has 132 valence electrons. The summed E-state index contributed by atoms with van der Waals surface area (Å²) >= 11 is 7.26. The molecular formula is C18H19ClN2O3S. The van der Waals surface area contributed by atoms with Crippen LogP contribution in [0.1, 0.15) is 33.7 Å². The van der Waals surface area contributed by atoms with Crippen molar-refractivity contribution < 1.29 is 14.3 Å². The van der Waals surface area contributed by atoms with Crippen LogP contribution in [0.15, 0.2) is 29.4 Å². The maximum absolute atomic E-state index is 12.0. The largest absolute Gasteiger partial charge is 0.457 e. The molecule has 5 nitrogen and oxygen atoms in total. The molecule has 1 heterocycles. The number of carbonyl (C=O) groups excluding carboxylic acids is 2. The molecule has 0 saturated heterocycles. The van der Waals surface area contributed by atoms with Crippen LogP contribution in [0.3, 0.4) is 0 Å². The summed E-state index contributed by atoms with van der Waals surface area (Å²) in [5, 5.41) is 1.27. The summed E-state index contributed by atoms with van der Waals surface area (Å²) in [6, 6.07) is 6.46. The minimum Gasteiger partial charge on any atom is -0.457 e. The third-order valence-corrected chi connectivity index (χ3v) is 4.49. The number of esters is 1. The van der Waals surface area contributed by atoms with E-state index in [2.05, 4.69) is 9.97 Å². The topological polar surface area (TPSA) is 69.2 Å². The molecule has 1 aromatic heterocycles. The molecule has 0 aliphatic rings. The van der Waals surface area contributed by atoms with Gasteiger partial charge in [0.05, 0.1) is 0 Å². The summed E-state index contributed by atoms with van der Waals surface area (Å²) in [6.45, 7) is 3.53. The molecule has 0 unspecified atom stereocenters. The maximum atomic E-state index is 12.0. The summed E-state index contributed by atoms with van der Waals surface area (Å²) in [5.74, 6) is -0.680. The highest BCUT2D eigenvalue weighted by Crippen LogP contribution is 2.17. The Kier molecular flexibility index (Phi) is 6.96. The van der Waals surface area contributed by atoms with E-state index >= 15 is 0 Å². The van der Waals surface area contributed by atoms with Crippen LogP contribution in [0.4, 0.5) is 0 Å². The Bertz CT molecular complexity index is 755. The van der Waals surface area contributed by atoms with Crippen LogP contribution in [-0.2, 0) is 16.0 Å². The zero-order valence-corrected chi connectivity index (χ0v) is 15.9. The third kappa shape index (κ3) is 5.54. The first-order valence-corrected chi connectivity index (χ1v) is 9.33. The Morgan fingerprint density at radius 3 is 2.28 bits per heavy atom. The van der Waals surface area contributed by atoms with Crippen LogP contribution in [-0.4, -0.2) is 34.6 Å². The monoisotopic (exact) mass is 378 g/mol. The molecule has 0 amide bonds. The first kappa shape index (κ1) is 19.4. The van der Waals surface area contributed by atoms with Gasteiger partial charge in [-0.1, -0.05) is 23.4 Å².